The van der Waals surface area contributed by atoms with Crippen LogP contribution in [0.25, 0.3) is 0 Å². The average molecular weight is 367 g/mol. The van der Waals surface area contributed by atoms with Crippen molar-refractivity contribution in [2.45, 2.75) is 36.6 Å². The van der Waals surface area contributed by atoms with Gasteiger partial charge in [0, 0.05) is 6.04 Å². The van der Waals surface area contributed by atoms with Crippen LogP contribution >= 0.6 is 0 Å². The van der Waals surface area contributed by atoms with Crippen LogP contribution in [0, 0.1) is 5.92 Å². The van der Waals surface area contributed by atoms with Crippen LogP contribution in [0.5, 0.6) is 5.75 Å². The van der Waals surface area contributed by atoms with Crippen molar-refractivity contribution in [2.75, 3.05) is 7.11 Å². The molecule has 6 nitrogen and oxygen atoms in total. The fourth-order valence-corrected chi connectivity index (χ4v) is 3.46. The lowest BCUT2D eigenvalue weighted by Crippen LogP contribution is -2.38. The number of ether oxygens (including phenoxy) is 2. The number of carbonyl (C=O) groups is 1. The van der Waals surface area contributed by atoms with Gasteiger partial charge < -0.3 is 9.47 Å². The minimum Gasteiger partial charge on any atom is -0.469 e. The van der Waals surface area contributed by atoms with Crippen LogP contribution in [0.2, 0.25) is 0 Å². The second-order valence-electron chi connectivity index (χ2n) is 5.36. The number of carbonyl (C=O) groups excluding carboxylic acids is 1. The molecule has 0 bridgehead atoms. The predicted molar refractivity (Wildman–Crippen MR) is 76.6 cm³/mol. The maximum atomic E-state index is 12.3. The Kier molecular flexibility index (Phi) is 5.38. The molecular formula is C14H16F3NO5S. The SMILES string of the molecule is COC(=O)CC(NS(=O)(=O)c1ccc(OC(F)(F)F)cc1)C1CC1. The highest BCUT2D eigenvalue weighted by atomic mass is 32.2. The molecule has 1 N–H and O–H groups in total. The lowest BCUT2D eigenvalue weighted by atomic mass is 10.1. The summed E-state index contributed by atoms with van der Waals surface area (Å²) in [5.41, 5.74) is 0. The maximum Gasteiger partial charge on any atom is 0.573 e. The van der Waals surface area contributed by atoms with Crippen molar-refractivity contribution < 1.29 is 35.9 Å². The standard InChI is InChI=1S/C14H16F3NO5S/c1-22-13(19)8-12(9-2-3-9)18-24(20,21)11-6-4-10(5-7-11)23-14(15,16)17/h4-7,9,12,18H,2-3,8H2,1H3. The average Bonchev–Trinajstić information content (AvgIpc) is 3.29. The van der Waals surface area contributed by atoms with Gasteiger partial charge in [-0.1, -0.05) is 0 Å². The number of halogens is 3. The fraction of sp³-hybridized carbons (Fsp3) is 0.500. The number of hydrogen-bond donors (Lipinski definition) is 1. The fourth-order valence-electron chi connectivity index (χ4n) is 2.15. The van der Waals surface area contributed by atoms with E-state index in [9.17, 15) is 26.4 Å². The molecule has 0 spiro atoms. The molecule has 1 aliphatic carbocycles. The van der Waals surface area contributed by atoms with Gasteiger partial charge >= 0.3 is 12.3 Å². The van der Waals surface area contributed by atoms with Gasteiger partial charge in [0.2, 0.25) is 10.0 Å². The first-order valence-electron chi connectivity index (χ1n) is 7.05. The van der Waals surface area contributed by atoms with Gasteiger partial charge in [0.15, 0.2) is 0 Å². The topological polar surface area (TPSA) is 81.7 Å². The smallest absolute Gasteiger partial charge is 0.469 e. The number of rotatable bonds is 7. The van der Waals surface area contributed by atoms with Gasteiger partial charge in [-0.15, -0.1) is 13.2 Å². The molecule has 1 unspecified atom stereocenters. The molecule has 1 aromatic rings. The largest absolute Gasteiger partial charge is 0.573 e. The summed E-state index contributed by atoms with van der Waals surface area (Å²) in [5, 5.41) is 0. The number of nitrogens with one attached hydrogen (secondary N) is 1. The molecule has 1 aromatic carbocycles. The van der Waals surface area contributed by atoms with E-state index >= 15 is 0 Å². The first-order chi connectivity index (χ1) is 11.1. The Bertz CT molecular complexity index is 683. The normalized spacial score (nSPS) is 16.5. The van der Waals surface area contributed by atoms with E-state index in [1.54, 1.807) is 0 Å². The molecule has 134 valence electrons. The summed E-state index contributed by atoms with van der Waals surface area (Å²) in [7, 11) is -2.76. The number of benzene rings is 1. The van der Waals surface area contributed by atoms with E-state index in [2.05, 4.69) is 14.2 Å². The van der Waals surface area contributed by atoms with E-state index in [0.717, 1.165) is 37.1 Å². The van der Waals surface area contributed by atoms with Crippen molar-refractivity contribution in [3.8, 4) is 5.75 Å². The molecule has 0 amide bonds. The molecule has 10 heteroatoms. The first kappa shape index (κ1) is 18.5. The minimum absolute atomic E-state index is 0.0479. The van der Waals surface area contributed by atoms with E-state index in [0.29, 0.717) is 0 Å². The molecule has 1 fully saturated rings. The van der Waals surface area contributed by atoms with Crippen molar-refractivity contribution in [3.05, 3.63) is 24.3 Å². The van der Waals surface area contributed by atoms with Crippen LogP contribution in [0.15, 0.2) is 29.2 Å². The zero-order chi connectivity index (χ0) is 18.0. The first-order valence-corrected chi connectivity index (χ1v) is 8.54. The Hall–Kier alpha value is -1.81. The summed E-state index contributed by atoms with van der Waals surface area (Å²) in [4.78, 5) is 11.2. The third-order valence-corrected chi connectivity index (χ3v) is 4.99. The summed E-state index contributed by atoms with van der Waals surface area (Å²) in [6.07, 6.45) is -3.36. The predicted octanol–water partition coefficient (Wildman–Crippen LogP) is 2.21. The second kappa shape index (κ2) is 6.98. The summed E-state index contributed by atoms with van der Waals surface area (Å²) in [6, 6.07) is 3.23. The van der Waals surface area contributed by atoms with E-state index in [-0.39, 0.29) is 17.2 Å². The van der Waals surface area contributed by atoms with E-state index in [1.165, 1.54) is 7.11 Å². The number of hydrogen-bond acceptors (Lipinski definition) is 5. The van der Waals surface area contributed by atoms with Gasteiger partial charge in [-0.2, -0.15) is 0 Å². The number of alkyl halides is 3. The van der Waals surface area contributed by atoms with Crippen LogP contribution in [0.3, 0.4) is 0 Å². The molecule has 24 heavy (non-hydrogen) atoms. The Morgan fingerprint density at radius 1 is 1.29 bits per heavy atom. The van der Waals surface area contributed by atoms with Gasteiger partial charge in [-0.05, 0) is 43.0 Å². The lowest BCUT2D eigenvalue weighted by molar-refractivity contribution is -0.274. The molecule has 0 radical (unpaired) electrons. The molecule has 1 saturated carbocycles. The number of esters is 1. The van der Waals surface area contributed by atoms with Crippen LogP contribution in [0.1, 0.15) is 19.3 Å². The molecule has 0 aliphatic heterocycles. The van der Waals surface area contributed by atoms with Crippen molar-refractivity contribution in [2.24, 2.45) is 5.92 Å². The Balaban J connectivity index is 2.09. The van der Waals surface area contributed by atoms with Crippen LogP contribution in [0.4, 0.5) is 13.2 Å². The van der Waals surface area contributed by atoms with E-state index in [4.69, 9.17) is 0 Å². The zero-order valence-corrected chi connectivity index (χ0v) is 13.5. The van der Waals surface area contributed by atoms with Gasteiger partial charge in [0.25, 0.3) is 0 Å². The van der Waals surface area contributed by atoms with Crippen LogP contribution < -0.4 is 9.46 Å². The Morgan fingerprint density at radius 2 is 1.88 bits per heavy atom. The summed E-state index contributed by atoms with van der Waals surface area (Å²) >= 11 is 0. The molecule has 0 aromatic heterocycles. The highest BCUT2D eigenvalue weighted by molar-refractivity contribution is 7.89. The van der Waals surface area contributed by atoms with Crippen molar-refractivity contribution >= 4 is 16.0 Å². The molecule has 1 atom stereocenters. The highest BCUT2D eigenvalue weighted by Crippen LogP contribution is 2.35. The summed E-state index contributed by atoms with van der Waals surface area (Å²) < 4.78 is 71.6. The van der Waals surface area contributed by atoms with Crippen molar-refractivity contribution in [1.82, 2.24) is 4.72 Å². The van der Waals surface area contributed by atoms with Gasteiger partial charge in [-0.3, -0.25) is 4.79 Å². The van der Waals surface area contributed by atoms with Crippen LogP contribution in [-0.4, -0.2) is 33.9 Å². The van der Waals surface area contributed by atoms with Crippen LogP contribution in [-0.2, 0) is 19.6 Å². The molecular weight excluding hydrogens is 351 g/mol. The summed E-state index contributed by atoms with van der Waals surface area (Å²) in [5.74, 6) is -1.01. The highest BCUT2D eigenvalue weighted by Gasteiger charge is 2.36. The van der Waals surface area contributed by atoms with Crippen molar-refractivity contribution in [1.29, 1.82) is 0 Å². The lowest BCUT2D eigenvalue weighted by Gasteiger charge is -2.17. The van der Waals surface area contributed by atoms with Gasteiger partial charge in [0.05, 0.1) is 18.4 Å². The molecule has 1 aliphatic rings. The Morgan fingerprint density at radius 3 is 2.33 bits per heavy atom. The van der Waals surface area contributed by atoms with E-state index < -0.39 is 34.1 Å². The zero-order valence-electron chi connectivity index (χ0n) is 12.7. The Labute approximate surface area is 137 Å². The number of methoxy groups -OCH3 is 1. The third-order valence-electron chi connectivity index (χ3n) is 3.48. The van der Waals surface area contributed by atoms with Gasteiger partial charge in [0.1, 0.15) is 5.75 Å². The molecule has 0 heterocycles. The van der Waals surface area contributed by atoms with Gasteiger partial charge in [-0.25, -0.2) is 13.1 Å². The van der Waals surface area contributed by atoms with Crippen molar-refractivity contribution in [3.63, 3.8) is 0 Å². The quantitative estimate of drug-likeness (QED) is 0.748. The monoisotopic (exact) mass is 367 g/mol. The maximum absolute atomic E-state index is 12.3. The molecule has 2 rings (SSSR count). The summed E-state index contributed by atoms with van der Waals surface area (Å²) in [6.45, 7) is 0. The second-order valence-corrected chi connectivity index (χ2v) is 7.08. The third kappa shape index (κ3) is 5.38. The number of sulfonamides is 1. The minimum atomic E-state index is -4.85. The van der Waals surface area contributed by atoms with E-state index in [1.807, 2.05) is 0 Å². The molecule has 0 saturated heterocycles.